The maximum Gasteiger partial charge on any atom is 0.251 e. The van der Waals surface area contributed by atoms with Crippen molar-refractivity contribution in [2.45, 2.75) is 38.6 Å². The highest BCUT2D eigenvalue weighted by molar-refractivity contribution is 5.94. The minimum atomic E-state index is -0.0389. The lowest BCUT2D eigenvalue weighted by Crippen LogP contribution is -2.46. The molecular formula is C22H26N2O2. The molecule has 0 radical (unpaired) electrons. The minimum Gasteiger partial charge on any atom is -0.349 e. The Morgan fingerprint density at radius 1 is 0.962 bits per heavy atom. The second-order valence-corrected chi connectivity index (χ2v) is 6.82. The highest BCUT2D eigenvalue weighted by Gasteiger charge is 2.23. The van der Waals surface area contributed by atoms with Gasteiger partial charge in [0.15, 0.2) is 0 Å². The summed E-state index contributed by atoms with van der Waals surface area (Å²) in [4.78, 5) is 26.3. The van der Waals surface area contributed by atoms with E-state index >= 15 is 0 Å². The Bertz CT molecular complexity index is 732. The molecule has 0 atom stereocenters. The van der Waals surface area contributed by atoms with Crippen LogP contribution in [0.1, 0.15) is 43.0 Å². The molecule has 0 unspecified atom stereocenters. The van der Waals surface area contributed by atoms with E-state index in [1.54, 1.807) is 0 Å². The number of likely N-dealkylation sites (tertiary alicyclic amines) is 1. The van der Waals surface area contributed by atoms with Gasteiger partial charge in [0.1, 0.15) is 0 Å². The van der Waals surface area contributed by atoms with Gasteiger partial charge in [-0.25, -0.2) is 0 Å². The normalized spacial score (nSPS) is 14.9. The van der Waals surface area contributed by atoms with Gasteiger partial charge in [-0.05, 0) is 42.5 Å². The van der Waals surface area contributed by atoms with Gasteiger partial charge in [0, 0.05) is 31.1 Å². The number of hydrogen-bond donors (Lipinski definition) is 1. The summed E-state index contributed by atoms with van der Waals surface area (Å²) in [6, 6.07) is 18.0. The van der Waals surface area contributed by atoms with Crippen molar-refractivity contribution in [2.24, 2.45) is 0 Å². The summed E-state index contributed by atoms with van der Waals surface area (Å²) in [7, 11) is 0. The Labute approximate surface area is 155 Å². The Hall–Kier alpha value is -2.62. The summed E-state index contributed by atoms with van der Waals surface area (Å²) in [6.45, 7) is 3.49. The number of carbonyl (C=O) groups excluding carboxylic acids is 2. The van der Waals surface area contributed by atoms with Crippen molar-refractivity contribution in [1.82, 2.24) is 10.2 Å². The van der Waals surface area contributed by atoms with E-state index in [9.17, 15) is 9.59 Å². The number of rotatable bonds is 5. The zero-order chi connectivity index (χ0) is 18.4. The third-order valence-corrected chi connectivity index (χ3v) is 4.90. The van der Waals surface area contributed by atoms with E-state index in [1.807, 2.05) is 54.3 Å². The summed E-state index contributed by atoms with van der Waals surface area (Å²) in [5.41, 5.74) is 2.92. The molecule has 1 aliphatic heterocycles. The monoisotopic (exact) mass is 350 g/mol. The first-order valence-electron chi connectivity index (χ1n) is 9.41. The van der Waals surface area contributed by atoms with E-state index in [0.717, 1.165) is 43.5 Å². The fraction of sp³-hybridized carbons (Fsp3) is 0.364. The Morgan fingerprint density at radius 3 is 2.19 bits per heavy atom. The Morgan fingerprint density at radius 2 is 1.58 bits per heavy atom. The van der Waals surface area contributed by atoms with E-state index in [-0.39, 0.29) is 17.9 Å². The van der Waals surface area contributed by atoms with Gasteiger partial charge in [0.2, 0.25) is 5.91 Å². The Kier molecular flexibility index (Phi) is 6.05. The van der Waals surface area contributed by atoms with Gasteiger partial charge in [-0.15, -0.1) is 0 Å². The molecular weight excluding hydrogens is 324 g/mol. The first-order chi connectivity index (χ1) is 12.7. The number of hydrogen-bond acceptors (Lipinski definition) is 2. The van der Waals surface area contributed by atoms with Crippen molar-refractivity contribution in [2.75, 3.05) is 13.1 Å². The molecule has 0 bridgehead atoms. The molecule has 2 aromatic carbocycles. The van der Waals surface area contributed by atoms with Crippen molar-refractivity contribution < 1.29 is 9.59 Å². The van der Waals surface area contributed by atoms with Crippen molar-refractivity contribution >= 4 is 11.8 Å². The third-order valence-electron chi connectivity index (χ3n) is 4.90. The molecule has 26 heavy (non-hydrogen) atoms. The summed E-state index contributed by atoms with van der Waals surface area (Å²) >= 11 is 0. The van der Waals surface area contributed by atoms with E-state index in [2.05, 4.69) is 17.4 Å². The summed E-state index contributed by atoms with van der Waals surface area (Å²) in [5.74, 6) is 0.191. The molecule has 1 fully saturated rings. The summed E-state index contributed by atoms with van der Waals surface area (Å²) < 4.78 is 0. The van der Waals surface area contributed by atoms with Gasteiger partial charge >= 0.3 is 0 Å². The molecule has 1 saturated heterocycles. The second-order valence-electron chi connectivity index (χ2n) is 6.82. The first-order valence-corrected chi connectivity index (χ1v) is 9.41. The average molecular weight is 350 g/mol. The minimum absolute atomic E-state index is 0.0389. The van der Waals surface area contributed by atoms with E-state index < -0.39 is 0 Å². The SMILES string of the molecule is CCCC(=O)N1CCC(NC(=O)c2ccc(-c3ccccc3)cc2)CC1. The van der Waals surface area contributed by atoms with Gasteiger partial charge in [0.05, 0.1) is 0 Å². The molecule has 1 N–H and O–H groups in total. The quantitative estimate of drug-likeness (QED) is 0.890. The van der Waals surface area contributed by atoms with Crippen LogP contribution in [0.5, 0.6) is 0 Å². The van der Waals surface area contributed by atoms with Crippen LogP contribution in [0.4, 0.5) is 0 Å². The Balaban J connectivity index is 1.53. The molecule has 2 aromatic rings. The predicted molar refractivity (Wildman–Crippen MR) is 104 cm³/mol. The molecule has 1 heterocycles. The molecule has 4 nitrogen and oxygen atoms in total. The first kappa shape index (κ1) is 18.2. The molecule has 0 aromatic heterocycles. The third kappa shape index (κ3) is 4.51. The van der Waals surface area contributed by atoms with Gasteiger partial charge in [0.25, 0.3) is 5.91 Å². The highest BCUT2D eigenvalue weighted by Crippen LogP contribution is 2.19. The zero-order valence-electron chi connectivity index (χ0n) is 15.3. The van der Waals surface area contributed by atoms with Gasteiger partial charge in [-0.3, -0.25) is 9.59 Å². The van der Waals surface area contributed by atoms with Crippen LogP contribution in [0.15, 0.2) is 54.6 Å². The largest absolute Gasteiger partial charge is 0.349 e. The van der Waals surface area contributed by atoms with Crippen LogP contribution in [0.25, 0.3) is 11.1 Å². The lowest BCUT2D eigenvalue weighted by atomic mass is 10.0. The van der Waals surface area contributed by atoms with Crippen LogP contribution in [0, 0.1) is 0 Å². The molecule has 0 saturated carbocycles. The molecule has 136 valence electrons. The van der Waals surface area contributed by atoms with Crippen molar-refractivity contribution in [1.29, 1.82) is 0 Å². The van der Waals surface area contributed by atoms with Gasteiger partial charge in [-0.2, -0.15) is 0 Å². The summed E-state index contributed by atoms with van der Waals surface area (Å²) in [5, 5.41) is 3.11. The molecule has 3 rings (SSSR count). The zero-order valence-corrected chi connectivity index (χ0v) is 15.3. The predicted octanol–water partition coefficient (Wildman–Crippen LogP) is 3.87. The number of amides is 2. The number of benzene rings is 2. The second kappa shape index (κ2) is 8.65. The number of nitrogens with one attached hydrogen (secondary N) is 1. The number of piperidine rings is 1. The maximum atomic E-state index is 12.5. The van der Waals surface area contributed by atoms with Crippen LogP contribution >= 0.6 is 0 Å². The smallest absolute Gasteiger partial charge is 0.251 e. The van der Waals surface area contributed by atoms with Crippen LogP contribution < -0.4 is 5.32 Å². The van der Waals surface area contributed by atoms with E-state index in [4.69, 9.17) is 0 Å². The molecule has 0 aliphatic carbocycles. The summed E-state index contributed by atoms with van der Waals surface area (Å²) in [6.07, 6.45) is 3.14. The molecule has 4 heteroatoms. The fourth-order valence-electron chi connectivity index (χ4n) is 3.36. The molecule has 1 aliphatic rings. The lowest BCUT2D eigenvalue weighted by molar-refractivity contribution is -0.132. The van der Waals surface area contributed by atoms with Crippen LogP contribution in [-0.4, -0.2) is 35.8 Å². The van der Waals surface area contributed by atoms with E-state index in [0.29, 0.717) is 12.0 Å². The van der Waals surface area contributed by atoms with E-state index in [1.165, 1.54) is 0 Å². The van der Waals surface area contributed by atoms with Gasteiger partial charge < -0.3 is 10.2 Å². The van der Waals surface area contributed by atoms with Crippen molar-refractivity contribution in [3.8, 4) is 11.1 Å². The van der Waals surface area contributed by atoms with Crippen LogP contribution in [0.3, 0.4) is 0 Å². The average Bonchev–Trinajstić information content (AvgIpc) is 2.69. The maximum absolute atomic E-state index is 12.5. The van der Waals surface area contributed by atoms with Crippen molar-refractivity contribution in [3.63, 3.8) is 0 Å². The highest BCUT2D eigenvalue weighted by atomic mass is 16.2. The lowest BCUT2D eigenvalue weighted by Gasteiger charge is -2.32. The van der Waals surface area contributed by atoms with Crippen LogP contribution in [-0.2, 0) is 4.79 Å². The topological polar surface area (TPSA) is 49.4 Å². The van der Waals surface area contributed by atoms with Crippen LogP contribution in [0.2, 0.25) is 0 Å². The fourth-order valence-corrected chi connectivity index (χ4v) is 3.36. The molecule has 2 amide bonds. The van der Waals surface area contributed by atoms with Crippen molar-refractivity contribution in [3.05, 3.63) is 60.2 Å². The number of carbonyl (C=O) groups is 2. The number of nitrogens with zero attached hydrogens (tertiary/aromatic N) is 1. The molecule has 0 spiro atoms. The van der Waals surface area contributed by atoms with Gasteiger partial charge in [-0.1, -0.05) is 49.4 Å². The standard InChI is InChI=1S/C22H26N2O2/c1-2-6-21(25)24-15-13-20(14-16-24)23-22(26)19-11-9-18(10-12-19)17-7-4-3-5-8-17/h3-5,7-12,20H,2,6,13-16H2,1H3,(H,23,26).